The van der Waals surface area contributed by atoms with Crippen LogP contribution in [0, 0.1) is 12.7 Å². The molecule has 1 rings (SSSR count). The van der Waals surface area contributed by atoms with Crippen LogP contribution in [-0.2, 0) is 5.33 Å². The summed E-state index contributed by atoms with van der Waals surface area (Å²) in [5.74, 6) is -1.61. The summed E-state index contributed by atoms with van der Waals surface area (Å²) in [5.41, 5.74) is 1.29. The Hall–Kier alpha value is -0.900. The average Bonchev–Trinajstić information content (AvgIpc) is 2.02. The van der Waals surface area contributed by atoms with E-state index >= 15 is 0 Å². The molecule has 0 saturated carbocycles. The molecule has 2 nitrogen and oxygen atoms in total. The number of alkyl halides is 1. The van der Waals surface area contributed by atoms with Crippen LogP contribution >= 0.6 is 15.9 Å². The summed E-state index contributed by atoms with van der Waals surface area (Å²) < 4.78 is 12.8. The van der Waals surface area contributed by atoms with Crippen molar-refractivity contribution >= 4 is 21.9 Å². The number of aromatic carboxylic acids is 1. The highest BCUT2D eigenvalue weighted by atomic mass is 79.9. The van der Waals surface area contributed by atoms with Crippen molar-refractivity contribution in [3.63, 3.8) is 0 Å². The van der Waals surface area contributed by atoms with Crippen molar-refractivity contribution in [3.05, 3.63) is 34.6 Å². The third-order valence-electron chi connectivity index (χ3n) is 1.80. The Labute approximate surface area is 83.5 Å². The standard InChI is InChI=1S/C9H8BrFO2/c1-5-2-6(11)3-7(9(12)13)8(5)4-10/h2-3H,4H2,1H3,(H,12,13). The Bertz CT molecular complexity index is 350. The Kier molecular flexibility index (Phi) is 3.03. The van der Waals surface area contributed by atoms with E-state index in [1.165, 1.54) is 6.07 Å². The molecule has 4 heteroatoms. The fraction of sp³-hybridized carbons (Fsp3) is 0.222. The molecule has 0 fully saturated rings. The highest BCUT2D eigenvalue weighted by Crippen LogP contribution is 2.19. The Morgan fingerprint density at radius 2 is 2.23 bits per heavy atom. The smallest absolute Gasteiger partial charge is 0.336 e. The van der Waals surface area contributed by atoms with E-state index in [1.54, 1.807) is 6.92 Å². The van der Waals surface area contributed by atoms with E-state index in [0.717, 1.165) is 6.07 Å². The van der Waals surface area contributed by atoms with E-state index in [2.05, 4.69) is 15.9 Å². The van der Waals surface area contributed by atoms with E-state index in [-0.39, 0.29) is 5.56 Å². The molecule has 1 N–H and O–H groups in total. The maximum atomic E-state index is 12.8. The maximum absolute atomic E-state index is 12.8. The zero-order valence-electron chi connectivity index (χ0n) is 6.97. The van der Waals surface area contributed by atoms with Gasteiger partial charge in [0, 0.05) is 5.33 Å². The number of hydrogen-bond acceptors (Lipinski definition) is 1. The molecule has 70 valence electrons. The van der Waals surface area contributed by atoms with Crippen molar-refractivity contribution < 1.29 is 14.3 Å². The maximum Gasteiger partial charge on any atom is 0.336 e. The first-order valence-corrected chi connectivity index (χ1v) is 4.76. The van der Waals surface area contributed by atoms with Gasteiger partial charge in [-0.25, -0.2) is 9.18 Å². The van der Waals surface area contributed by atoms with Crippen LogP contribution in [0.3, 0.4) is 0 Å². The van der Waals surface area contributed by atoms with Crippen LogP contribution in [0.4, 0.5) is 4.39 Å². The molecule has 0 aliphatic rings. The number of carboxylic acids is 1. The van der Waals surface area contributed by atoms with Crippen LogP contribution in [0.5, 0.6) is 0 Å². The zero-order chi connectivity index (χ0) is 10.0. The minimum Gasteiger partial charge on any atom is -0.478 e. The first-order chi connectivity index (χ1) is 6.06. The lowest BCUT2D eigenvalue weighted by atomic mass is 10.0. The number of rotatable bonds is 2. The van der Waals surface area contributed by atoms with E-state index in [9.17, 15) is 9.18 Å². The lowest BCUT2D eigenvalue weighted by Gasteiger charge is -2.06. The molecule has 0 radical (unpaired) electrons. The van der Waals surface area contributed by atoms with Crippen LogP contribution in [0.2, 0.25) is 0 Å². The fourth-order valence-electron chi connectivity index (χ4n) is 1.14. The monoisotopic (exact) mass is 246 g/mol. The molecule has 0 aliphatic carbocycles. The SMILES string of the molecule is Cc1cc(F)cc(C(=O)O)c1CBr. The van der Waals surface area contributed by atoms with Gasteiger partial charge in [-0.15, -0.1) is 0 Å². The van der Waals surface area contributed by atoms with Gasteiger partial charge in [0.1, 0.15) is 5.82 Å². The van der Waals surface area contributed by atoms with Crippen molar-refractivity contribution in [1.29, 1.82) is 0 Å². The molecule has 0 bridgehead atoms. The minimum absolute atomic E-state index is 0.0226. The van der Waals surface area contributed by atoms with Gasteiger partial charge in [0.2, 0.25) is 0 Å². The van der Waals surface area contributed by atoms with Crippen LogP contribution < -0.4 is 0 Å². The summed E-state index contributed by atoms with van der Waals surface area (Å²) in [6.45, 7) is 1.69. The van der Waals surface area contributed by atoms with Crippen molar-refractivity contribution in [2.24, 2.45) is 0 Å². The van der Waals surface area contributed by atoms with Gasteiger partial charge in [0.15, 0.2) is 0 Å². The number of benzene rings is 1. The topological polar surface area (TPSA) is 37.3 Å². The van der Waals surface area contributed by atoms with Crippen molar-refractivity contribution in [1.82, 2.24) is 0 Å². The number of aryl methyl sites for hydroxylation is 1. The number of carbonyl (C=O) groups is 1. The van der Waals surface area contributed by atoms with E-state index in [1.807, 2.05) is 0 Å². The normalized spacial score (nSPS) is 10.1. The summed E-state index contributed by atoms with van der Waals surface area (Å²) >= 11 is 3.17. The molecule has 0 spiro atoms. The average molecular weight is 247 g/mol. The first kappa shape index (κ1) is 10.2. The lowest BCUT2D eigenvalue weighted by molar-refractivity contribution is 0.0695. The van der Waals surface area contributed by atoms with Gasteiger partial charge in [0.05, 0.1) is 5.56 Å². The fourth-order valence-corrected chi connectivity index (χ4v) is 1.89. The van der Waals surface area contributed by atoms with Crippen LogP contribution in [-0.4, -0.2) is 11.1 Å². The largest absolute Gasteiger partial charge is 0.478 e. The summed E-state index contributed by atoms with van der Waals surface area (Å²) in [5, 5.41) is 9.18. The van der Waals surface area contributed by atoms with Crippen molar-refractivity contribution in [2.75, 3.05) is 0 Å². The molecule has 0 atom stereocenters. The van der Waals surface area contributed by atoms with Gasteiger partial charge in [-0.1, -0.05) is 15.9 Å². The van der Waals surface area contributed by atoms with Gasteiger partial charge in [0.25, 0.3) is 0 Å². The van der Waals surface area contributed by atoms with Gasteiger partial charge in [-0.3, -0.25) is 0 Å². The number of carboxylic acid groups (broad SMARTS) is 1. The molecule has 0 amide bonds. The second-order valence-corrected chi connectivity index (χ2v) is 3.25. The molecular formula is C9H8BrFO2. The third-order valence-corrected chi connectivity index (χ3v) is 2.36. The molecule has 0 heterocycles. The van der Waals surface area contributed by atoms with Gasteiger partial charge in [-0.05, 0) is 30.2 Å². The molecule has 13 heavy (non-hydrogen) atoms. The molecule has 0 aliphatic heterocycles. The molecule has 0 unspecified atom stereocenters. The van der Waals surface area contributed by atoms with Crippen LogP contribution in [0.15, 0.2) is 12.1 Å². The Morgan fingerprint density at radius 1 is 1.62 bits per heavy atom. The summed E-state index contributed by atoms with van der Waals surface area (Å²) in [6.07, 6.45) is 0. The predicted molar refractivity (Wildman–Crippen MR) is 50.7 cm³/mol. The lowest BCUT2D eigenvalue weighted by Crippen LogP contribution is -2.04. The van der Waals surface area contributed by atoms with Crippen molar-refractivity contribution in [3.8, 4) is 0 Å². The summed E-state index contributed by atoms with van der Waals surface area (Å²) in [6, 6.07) is 2.36. The summed E-state index contributed by atoms with van der Waals surface area (Å²) in [4.78, 5) is 10.7. The second-order valence-electron chi connectivity index (χ2n) is 2.69. The first-order valence-electron chi connectivity index (χ1n) is 3.64. The molecular weight excluding hydrogens is 239 g/mol. The third kappa shape index (κ3) is 2.06. The van der Waals surface area contributed by atoms with Crippen LogP contribution in [0.1, 0.15) is 21.5 Å². The van der Waals surface area contributed by atoms with Crippen LogP contribution in [0.25, 0.3) is 0 Å². The Balaban J connectivity index is 3.38. The van der Waals surface area contributed by atoms with Crippen molar-refractivity contribution in [2.45, 2.75) is 12.3 Å². The van der Waals surface area contributed by atoms with Gasteiger partial charge in [-0.2, -0.15) is 0 Å². The highest BCUT2D eigenvalue weighted by molar-refractivity contribution is 9.08. The zero-order valence-corrected chi connectivity index (χ0v) is 8.56. The molecule has 0 saturated heterocycles. The summed E-state index contributed by atoms with van der Waals surface area (Å²) in [7, 11) is 0. The van der Waals surface area contributed by atoms with Gasteiger partial charge < -0.3 is 5.11 Å². The number of halogens is 2. The highest BCUT2D eigenvalue weighted by Gasteiger charge is 2.12. The van der Waals surface area contributed by atoms with E-state index in [0.29, 0.717) is 16.5 Å². The molecule has 1 aromatic carbocycles. The molecule has 0 aromatic heterocycles. The van der Waals surface area contributed by atoms with E-state index < -0.39 is 11.8 Å². The molecule has 1 aromatic rings. The van der Waals surface area contributed by atoms with E-state index in [4.69, 9.17) is 5.11 Å². The number of hydrogen-bond donors (Lipinski definition) is 1. The quantitative estimate of drug-likeness (QED) is 0.816. The Morgan fingerprint density at radius 3 is 2.69 bits per heavy atom. The predicted octanol–water partition coefficient (Wildman–Crippen LogP) is 2.73. The van der Waals surface area contributed by atoms with Gasteiger partial charge >= 0.3 is 5.97 Å². The second kappa shape index (κ2) is 3.87. The minimum atomic E-state index is -1.10.